The Morgan fingerprint density at radius 2 is 1.55 bits per heavy atom. The maximum absolute atomic E-state index is 11.9. The second kappa shape index (κ2) is 6.94. The molecule has 0 aliphatic heterocycles. The minimum Gasteiger partial charge on any atom is -0.457 e. The van der Waals surface area contributed by atoms with Crippen molar-refractivity contribution in [3.8, 4) is 0 Å². The highest BCUT2D eigenvalue weighted by Crippen LogP contribution is 2.12. The summed E-state index contributed by atoms with van der Waals surface area (Å²) in [6.07, 6.45) is 1.17. The second-order valence-corrected chi connectivity index (χ2v) is 7.55. The molecule has 0 N–H and O–H groups in total. The van der Waals surface area contributed by atoms with Crippen molar-refractivity contribution in [2.45, 2.75) is 12.4 Å². The molecule has 0 radical (unpaired) electrons. The molecule has 0 heterocycles. The van der Waals surface area contributed by atoms with Crippen molar-refractivity contribution in [2.75, 3.05) is 6.26 Å². The number of ether oxygens (including phenoxy) is 1. The lowest BCUT2D eigenvalue weighted by Crippen LogP contribution is -2.06. The van der Waals surface area contributed by atoms with E-state index in [-0.39, 0.29) is 12.4 Å². The lowest BCUT2D eigenvalue weighted by Gasteiger charge is -2.06. The van der Waals surface area contributed by atoms with E-state index in [1.54, 1.807) is 48.5 Å². The van der Waals surface area contributed by atoms with Crippen molar-refractivity contribution in [3.05, 3.63) is 70.2 Å². The van der Waals surface area contributed by atoms with Crippen LogP contribution in [0.5, 0.6) is 0 Å². The smallest absolute Gasteiger partial charge is 0.338 e. The molecule has 2 aromatic rings. The van der Waals surface area contributed by atoms with Gasteiger partial charge >= 0.3 is 5.97 Å². The van der Waals surface area contributed by atoms with E-state index in [0.717, 1.165) is 5.56 Å². The summed E-state index contributed by atoms with van der Waals surface area (Å²) in [4.78, 5) is 11.9. The second-order valence-electron chi connectivity index (χ2n) is 4.97. The number of rotatable bonds is 5. The first-order valence-electron chi connectivity index (χ1n) is 6.52. The predicted molar refractivity (Wildman–Crippen MR) is 85.6 cm³/mol. The fraction of sp³-hybridized carbons (Fsp3) is 0.188. The Kier molecular flexibility index (Phi) is 5.21. The first-order valence-corrected chi connectivity index (χ1v) is 8.95. The summed E-state index contributed by atoms with van der Waals surface area (Å²) < 4.78 is 27.6. The minimum absolute atomic E-state index is 0.0485. The quantitative estimate of drug-likeness (QED) is 0.785. The molecule has 0 fully saturated rings. The summed E-state index contributed by atoms with van der Waals surface area (Å²) in [5, 5.41) is 0.622. The zero-order chi connectivity index (χ0) is 16.2. The molecule has 0 aliphatic rings. The molecule has 2 rings (SSSR count). The van der Waals surface area contributed by atoms with Crippen molar-refractivity contribution in [2.24, 2.45) is 0 Å². The average molecular weight is 339 g/mol. The zero-order valence-electron chi connectivity index (χ0n) is 12.0. The Morgan fingerprint density at radius 3 is 2.09 bits per heavy atom. The number of halogens is 1. The number of sulfone groups is 1. The summed E-state index contributed by atoms with van der Waals surface area (Å²) in [7, 11) is -3.09. The molecule has 0 atom stereocenters. The molecular weight excluding hydrogens is 324 g/mol. The molecule has 0 aliphatic carbocycles. The van der Waals surface area contributed by atoms with Gasteiger partial charge in [-0.3, -0.25) is 0 Å². The van der Waals surface area contributed by atoms with Gasteiger partial charge in [-0.15, -0.1) is 0 Å². The Bertz CT molecular complexity index is 750. The number of hydrogen-bond acceptors (Lipinski definition) is 4. The summed E-state index contributed by atoms with van der Waals surface area (Å²) in [5.41, 5.74) is 1.86. The summed E-state index contributed by atoms with van der Waals surface area (Å²) in [6.45, 7) is 0.154. The van der Waals surface area contributed by atoms with Crippen molar-refractivity contribution in [1.29, 1.82) is 0 Å². The van der Waals surface area contributed by atoms with Gasteiger partial charge in [0.1, 0.15) is 6.61 Å². The molecule has 0 amide bonds. The lowest BCUT2D eigenvalue weighted by molar-refractivity contribution is 0.0472. The molecule has 4 nitrogen and oxygen atoms in total. The van der Waals surface area contributed by atoms with Crippen LogP contribution in [0.4, 0.5) is 0 Å². The molecule has 22 heavy (non-hydrogen) atoms. The highest BCUT2D eigenvalue weighted by Gasteiger charge is 2.09. The summed E-state index contributed by atoms with van der Waals surface area (Å²) in [5.74, 6) is -0.506. The summed E-state index contributed by atoms with van der Waals surface area (Å²) >= 11 is 5.78. The van der Waals surface area contributed by atoms with Gasteiger partial charge in [0.25, 0.3) is 0 Å². The van der Waals surface area contributed by atoms with Crippen LogP contribution >= 0.6 is 11.6 Å². The molecule has 2 aromatic carbocycles. The van der Waals surface area contributed by atoms with Gasteiger partial charge in [-0.1, -0.05) is 35.9 Å². The van der Waals surface area contributed by atoms with Crippen molar-refractivity contribution >= 4 is 27.4 Å². The Balaban J connectivity index is 1.96. The Hall–Kier alpha value is -1.85. The predicted octanol–water partition coefficient (Wildman–Crippen LogP) is 3.24. The SMILES string of the molecule is CS(=O)(=O)Cc1ccc(C(=O)OCc2ccc(Cl)cc2)cc1. The molecule has 116 valence electrons. The van der Waals surface area contributed by atoms with Gasteiger partial charge in [0, 0.05) is 11.3 Å². The van der Waals surface area contributed by atoms with Crippen LogP contribution in [-0.4, -0.2) is 20.6 Å². The topological polar surface area (TPSA) is 60.4 Å². The van der Waals surface area contributed by atoms with Crippen LogP contribution in [0.1, 0.15) is 21.5 Å². The summed E-state index contributed by atoms with van der Waals surface area (Å²) in [6, 6.07) is 13.4. The molecule has 0 saturated heterocycles. The standard InChI is InChI=1S/C16H15ClO4S/c1-22(19,20)11-13-2-6-14(7-3-13)16(18)21-10-12-4-8-15(17)9-5-12/h2-9H,10-11H2,1H3. The maximum Gasteiger partial charge on any atom is 0.338 e. The van der Waals surface area contributed by atoms with Gasteiger partial charge in [-0.2, -0.15) is 0 Å². The number of hydrogen-bond donors (Lipinski definition) is 0. The van der Waals surface area contributed by atoms with E-state index in [2.05, 4.69) is 0 Å². The number of esters is 1. The van der Waals surface area contributed by atoms with Crippen LogP contribution in [0.25, 0.3) is 0 Å². The third-order valence-corrected chi connectivity index (χ3v) is 4.01. The van der Waals surface area contributed by atoms with Crippen molar-refractivity contribution in [3.63, 3.8) is 0 Å². The van der Waals surface area contributed by atoms with Crippen molar-refractivity contribution in [1.82, 2.24) is 0 Å². The number of carbonyl (C=O) groups excluding carboxylic acids is 1. The molecule has 0 spiro atoms. The average Bonchev–Trinajstić information content (AvgIpc) is 2.45. The van der Waals surface area contributed by atoms with Crippen LogP contribution in [-0.2, 0) is 26.9 Å². The van der Waals surface area contributed by atoms with E-state index in [4.69, 9.17) is 16.3 Å². The Morgan fingerprint density at radius 1 is 1.00 bits per heavy atom. The first kappa shape index (κ1) is 16.5. The highest BCUT2D eigenvalue weighted by atomic mass is 35.5. The van der Waals surface area contributed by atoms with Gasteiger partial charge < -0.3 is 4.74 Å². The third kappa shape index (κ3) is 5.16. The lowest BCUT2D eigenvalue weighted by atomic mass is 10.1. The molecule has 0 bridgehead atoms. The van der Waals surface area contributed by atoms with E-state index in [1.807, 2.05) is 0 Å². The van der Waals surface area contributed by atoms with Crippen LogP contribution in [0.3, 0.4) is 0 Å². The van der Waals surface area contributed by atoms with E-state index in [9.17, 15) is 13.2 Å². The van der Waals surface area contributed by atoms with Crippen LogP contribution in [0.15, 0.2) is 48.5 Å². The minimum atomic E-state index is -3.09. The van der Waals surface area contributed by atoms with E-state index < -0.39 is 15.8 Å². The van der Waals surface area contributed by atoms with Crippen LogP contribution < -0.4 is 0 Å². The van der Waals surface area contributed by atoms with Gasteiger partial charge in [0.2, 0.25) is 0 Å². The number of benzene rings is 2. The third-order valence-electron chi connectivity index (χ3n) is 2.90. The van der Waals surface area contributed by atoms with Crippen LogP contribution in [0.2, 0.25) is 5.02 Å². The van der Waals surface area contributed by atoms with Gasteiger partial charge in [-0.05, 0) is 35.4 Å². The van der Waals surface area contributed by atoms with Gasteiger partial charge in [-0.25, -0.2) is 13.2 Å². The van der Waals surface area contributed by atoms with Crippen LogP contribution in [0, 0.1) is 0 Å². The van der Waals surface area contributed by atoms with Gasteiger partial charge in [0.05, 0.1) is 11.3 Å². The van der Waals surface area contributed by atoms with Gasteiger partial charge in [0.15, 0.2) is 9.84 Å². The Labute approximate surface area is 134 Å². The van der Waals surface area contributed by atoms with E-state index in [0.29, 0.717) is 16.1 Å². The van der Waals surface area contributed by atoms with Crippen molar-refractivity contribution < 1.29 is 17.9 Å². The monoisotopic (exact) mass is 338 g/mol. The maximum atomic E-state index is 11.9. The fourth-order valence-electron chi connectivity index (χ4n) is 1.85. The first-order chi connectivity index (χ1) is 10.3. The molecular formula is C16H15ClO4S. The highest BCUT2D eigenvalue weighted by molar-refractivity contribution is 7.89. The molecule has 0 aromatic heterocycles. The molecule has 0 unspecified atom stereocenters. The fourth-order valence-corrected chi connectivity index (χ4v) is 2.78. The van der Waals surface area contributed by atoms with E-state index in [1.165, 1.54) is 6.26 Å². The molecule has 6 heteroatoms. The normalized spacial score (nSPS) is 11.2. The van der Waals surface area contributed by atoms with E-state index >= 15 is 0 Å². The molecule has 0 saturated carbocycles. The number of carbonyl (C=O) groups is 1. The zero-order valence-corrected chi connectivity index (χ0v) is 13.5. The largest absolute Gasteiger partial charge is 0.457 e.